The molecule has 0 saturated carbocycles. The highest BCUT2D eigenvalue weighted by Gasteiger charge is 2.24. The van der Waals surface area contributed by atoms with Crippen LogP contribution < -0.4 is 14.8 Å². The molecule has 1 fully saturated rings. The van der Waals surface area contributed by atoms with Gasteiger partial charge in [-0.15, -0.1) is 0 Å². The van der Waals surface area contributed by atoms with Crippen LogP contribution in [0.2, 0.25) is 0 Å². The van der Waals surface area contributed by atoms with E-state index in [9.17, 15) is 9.59 Å². The highest BCUT2D eigenvalue weighted by molar-refractivity contribution is 5.93. The first-order chi connectivity index (χ1) is 18.5. The fourth-order valence-electron chi connectivity index (χ4n) is 4.47. The van der Waals surface area contributed by atoms with Crippen LogP contribution in [0.4, 0.5) is 10.6 Å². The molecule has 3 heterocycles. The number of pyridine rings is 1. The molecule has 0 spiro atoms. The minimum absolute atomic E-state index is 0.141. The van der Waals surface area contributed by atoms with E-state index in [2.05, 4.69) is 15.2 Å². The van der Waals surface area contributed by atoms with Crippen molar-refractivity contribution in [3.05, 3.63) is 53.2 Å². The first-order valence-corrected chi connectivity index (χ1v) is 13.1. The van der Waals surface area contributed by atoms with Gasteiger partial charge >= 0.3 is 6.03 Å². The number of carbonyl (C=O) groups excluding carboxylic acids is 2. The first kappa shape index (κ1) is 27.4. The molecule has 0 bridgehead atoms. The zero-order valence-corrected chi connectivity index (χ0v) is 22.4. The fourth-order valence-corrected chi connectivity index (χ4v) is 4.47. The van der Waals surface area contributed by atoms with E-state index in [-0.39, 0.29) is 11.9 Å². The van der Waals surface area contributed by atoms with Crippen molar-refractivity contribution in [2.75, 3.05) is 65.0 Å². The van der Waals surface area contributed by atoms with E-state index in [0.717, 1.165) is 49.5 Å². The van der Waals surface area contributed by atoms with Crippen LogP contribution in [0.15, 0.2) is 36.5 Å². The number of benzene rings is 1. The fraction of sp³-hybridized carbons (Fsp3) is 0.464. The van der Waals surface area contributed by atoms with E-state index in [1.54, 1.807) is 29.1 Å². The zero-order chi connectivity index (χ0) is 26.9. The Morgan fingerprint density at radius 1 is 1.18 bits per heavy atom. The van der Waals surface area contributed by atoms with Crippen LogP contribution in [0, 0.1) is 0 Å². The lowest BCUT2D eigenvalue weighted by molar-refractivity contribution is -0.125. The molecule has 2 aromatic rings. The van der Waals surface area contributed by atoms with Crippen LogP contribution in [0.25, 0.3) is 6.08 Å². The quantitative estimate of drug-likeness (QED) is 0.452. The summed E-state index contributed by atoms with van der Waals surface area (Å²) in [5, 5.41) is 2.88. The summed E-state index contributed by atoms with van der Waals surface area (Å²) in [6, 6.07) is 7.53. The van der Waals surface area contributed by atoms with Gasteiger partial charge in [0.25, 0.3) is 0 Å². The van der Waals surface area contributed by atoms with Crippen molar-refractivity contribution in [1.29, 1.82) is 0 Å². The van der Waals surface area contributed by atoms with Gasteiger partial charge in [0.15, 0.2) is 11.5 Å². The zero-order valence-electron chi connectivity index (χ0n) is 22.4. The summed E-state index contributed by atoms with van der Waals surface area (Å²) < 4.78 is 16.9. The molecule has 1 saturated heterocycles. The Kier molecular flexibility index (Phi) is 9.56. The van der Waals surface area contributed by atoms with Crippen LogP contribution in [0.3, 0.4) is 0 Å². The molecule has 2 aliphatic rings. The van der Waals surface area contributed by atoms with E-state index in [4.69, 9.17) is 14.2 Å². The molecule has 0 aliphatic carbocycles. The van der Waals surface area contributed by atoms with E-state index in [0.29, 0.717) is 50.2 Å². The number of ether oxygens (including phenoxy) is 3. The standard InChI is InChI=1S/C28H37N5O5/c1-4-37-24-8-6-7-22(26(24)38-5-2)19-31(3)25(34)10-9-21-17-23-20-33(28(35)30-27(23)29-18-21)12-11-32-13-15-36-16-14-32/h6-10,17-18H,4-5,11-16,19-20H2,1-3H3,(H,29,30,35). The Labute approximate surface area is 224 Å². The van der Waals surface area contributed by atoms with Crippen LogP contribution in [-0.2, 0) is 22.6 Å². The number of rotatable bonds is 11. The van der Waals surface area contributed by atoms with Crippen LogP contribution in [0.1, 0.15) is 30.5 Å². The molecule has 0 radical (unpaired) electrons. The summed E-state index contributed by atoms with van der Waals surface area (Å²) in [5.41, 5.74) is 2.59. The Hall–Kier alpha value is -3.63. The average Bonchev–Trinajstić information content (AvgIpc) is 2.93. The maximum absolute atomic E-state index is 12.9. The lowest BCUT2D eigenvalue weighted by Crippen LogP contribution is -2.45. The van der Waals surface area contributed by atoms with E-state index in [1.165, 1.54) is 6.08 Å². The number of aromatic nitrogens is 1. The molecular formula is C28H37N5O5. The molecule has 4 rings (SSSR count). The number of hydrogen-bond donors (Lipinski definition) is 1. The highest BCUT2D eigenvalue weighted by Crippen LogP contribution is 2.32. The Morgan fingerprint density at radius 2 is 1.97 bits per heavy atom. The Bertz CT molecular complexity index is 1150. The third-order valence-corrected chi connectivity index (χ3v) is 6.50. The number of hydrogen-bond acceptors (Lipinski definition) is 7. The van der Waals surface area contributed by atoms with E-state index < -0.39 is 0 Å². The van der Waals surface area contributed by atoms with Crippen molar-refractivity contribution in [2.45, 2.75) is 26.9 Å². The molecule has 38 heavy (non-hydrogen) atoms. The smallest absolute Gasteiger partial charge is 0.323 e. The summed E-state index contributed by atoms with van der Waals surface area (Å²) in [4.78, 5) is 35.5. The Balaban J connectivity index is 1.38. The van der Waals surface area contributed by atoms with E-state index >= 15 is 0 Å². The predicted octanol–water partition coefficient (Wildman–Crippen LogP) is 3.23. The maximum Gasteiger partial charge on any atom is 0.323 e. The molecule has 204 valence electrons. The van der Waals surface area contributed by atoms with Crippen molar-refractivity contribution in [3.63, 3.8) is 0 Å². The van der Waals surface area contributed by atoms with Gasteiger partial charge in [0.1, 0.15) is 5.82 Å². The predicted molar refractivity (Wildman–Crippen MR) is 145 cm³/mol. The second-order valence-electron chi connectivity index (χ2n) is 9.22. The van der Waals surface area contributed by atoms with Gasteiger partial charge in [0.05, 0.1) is 33.0 Å². The van der Waals surface area contributed by atoms with Crippen molar-refractivity contribution in [3.8, 4) is 11.5 Å². The van der Waals surface area contributed by atoms with Crippen LogP contribution in [0.5, 0.6) is 11.5 Å². The lowest BCUT2D eigenvalue weighted by atomic mass is 10.1. The number of para-hydroxylation sites is 1. The summed E-state index contributed by atoms with van der Waals surface area (Å²) in [6.45, 7) is 10.4. The van der Waals surface area contributed by atoms with Gasteiger partial charge in [-0.3, -0.25) is 15.0 Å². The number of urea groups is 1. The van der Waals surface area contributed by atoms with Gasteiger partial charge in [-0.05, 0) is 37.6 Å². The van der Waals surface area contributed by atoms with Gasteiger partial charge in [0.2, 0.25) is 5.91 Å². The lowest BCUT2D eigenvalue weighted by Gasteiger charge is -2.32. The second-order valence-corrected chi connectivity index (χ2v) is 9.22. The number of carbonyl (C=O) groups is 2. The number of morpholine rings is 1. The topological polar surface area (TPSA) is 96.5 Å². The van der Waals surface area contributed by atoms with Crippen molar-refractivity contribution in [1.82, 2.24) is 19.7 Å². The monoisotopic (exact) mass is 523 g/mol. The first-order valence-electron chi connectivity index (χ1n) is 13.1. The normalized spacial score (nSPS) is 15.8. The maximum atomic E-state index is 12.9. The third kappa shape index (κ3) is 7.02. The van der Waals surface area contributed by atoms with Gasteiger partial charge in [-0.25, -0.2) is 9.78 Å². The van der Waals surface area contributed by atoms with Gasteiger partial charge in [0, 0.05) is 63.2 Å². The van der Waals surface area contributed by atoms with Crippen LogP contribution >= 0.6 is 0 Å². The van der Waals surface area contributed by atoms with Gasteiger partial charge in [-0.2, -0.15) is 0 Å². The largest absolute Gasteiger partial charge is 0.490 e. The second kappa shape index (κ2) is 13.3. The molecule has 1 aromatic carbocycles. The van der Waals surface area contributed by atoms with Crippen molar-refractivity contribution < 1.29 is 23.8 Å². The molecular weight excluding hydrogens is 486 g/mol. The SMILES string of the molecule is CCOc1cccc(CN(C)C(=O)C=Cc2cnc3c(c2)CN(CCN2CCOCC2)C(=O)N3)c1OCC. The number of anilines is 1. The molecule has 10 nitrogen and oxygen atoms in total. The van der Waals surface area contributed by atoms with Gasteiger partial charge in [-0.1, -0.05) is 12.1 Å². The molecule has 1 N–H and O–H groups in total. The summed E-state index contributed by atoms with van der Waals surface area (Å²) >= 11 is 0. The summed E-state index contributed by atoms with van der Waals surface area (Å²) in [6.07, 6.45) is 4.94. The van der Waals surface area contributed by atoms with Crippen LogP contribution in [-0.4, -0.2) is 91.3 Å². The van der Waals surface area contributed by atoms with Crippen molar-refractivity contribution in [2.24, 2.45) is 0 Å². The molecule has 3 amide bonds. The van der Waals surface area contributed by atoms with Crippen molar-refractivity contribution >= 4 is 23.8 Å². The molecule has 0 atom stereocenters. The number of nitrogens with one attached hydrogen (secondary N) is 1. The number of nitrogens with zero attached hydrogens (tertiary/aromatic N) is 4. The highest BCUT2D eigenvalue weighted by atomic mass is 16.5. The number of amides is 3. The molecule has 0 unspecified atom stereocenters. The summed E-state index contributed by atoms with van der Waals surface area (Å²) in [5.74, 6) is 1.76. The van der Waals surface area contributed by atoms with E-state index in [1.807, 2.05) is 38.1 Å². The number of fused-ring (bicyclic) bond motifs is 1. The minimum atomic E-state index is -0.146. The molecule has 10 heteroatoms. The Morgan fingerprint density at radius 3 is 2.74 bits per heavy atom. The van der Waals surface area contributed by atoms with Gasteiger partial charge < -0.3 is 24.0 Å². The summed E-state index contributed by atoms with van der Waals surface area (Å²) in [7, 11) is 1.75. The molecule has 2 aliphatic heterocycles. The third-order valence-electron chi connectivity index (χ3n) is 6.50. The minimum Gasteiger partial charge on any atom is -0.490 e. The average molecular weight is 524 g/mol. The molecule has 1 aromatic heterocycles. The number of likely N-dealkylation sites (N-methyl/N-ethyl adjacent to an activating group) is 1.